The van der Waals surface area contributed by atoms with Crippen LogP contribution in [-0.2, 0) is 14.6 Å². The second-order valence-corrected chi connectivity index (χ2v) is 8.09. The van der Waals surface area contributed by atoms with Gasteiger partial charge in [0.2, 0.25) is 5.91 Å². The van der Waals surface area contributed by atoms with Crippen molar-refractivity contribution in [1.29, 1.82) is 0 Å². The van der Waals surface area contributed by atoms with E-state index in [1.807, 2.05) is 6.92 Å². The first-order valence-corrected chi connectivity index (χ1v) is 9.61. The molecule has 1 aliphatic rings. The average molecular weight is 348 g/mol. The number of nitrogens with one attached hydrogen (secondary N) is 2. The van der Waals surface area contributed by atoms with Gasteiger partial charge in [0.1, 0.15) is 0 Å². The van der Waals surface area contributed by atoms with Crippen molar-refractivity contribution in [3.05, 3.63) is 36.7 Å². The second-order valence-electron chi connectivity index (χ2n) is 6.11. The van der Waals surface area contributed by atoms with Gasteiger partial charge in [-0.25, -0.2) is 13.1 Å². The molecule has 24 heavy (non-hydrogen) atoms. The molecule has 1 saturated heterocycles. The standard InChI is InChI=1S/C16H20N4O3S/c1-11(12-7-17-8-12)16(21)19-13-9-18-20(10-13)14-5-3-4-6-15(14)24(2,22)23/h3-6,9-12,17H,7-8H2,1-2H3,(H,19,21). The molecule has 7 nitrogen and oxygen atoms in total. The van der Waals surface area contributed by atoms with E-state index in [4.69, 9.17) is 0 Å². The van der Waals surface area contributed by atoms with Crippen LogP contribution in [0.5, 0.6) is 0 Å². The Labute approximate surface area is 141 Å². The summed E-state index contributed by atoms with van der Waals surface area (Å²) in [6.07, 6.45) is 4.29. The summed E-state index contributed by atoms with van der Waals surface area (Å²) in [7, 11) is -3.37. The molecule has 0 spiro atoms. The minimum Gasteiger partial charge on any atom is -0.323 e. The van der Waals surface area contributed by atoms with Gasteiger partial charge in [0, 0.05) is 12.2 Å². The fourth-order valence-electron chi connectivity index (χ4n) is 2.61. The van der Waals surface area contributed by atoms with E-state index >= 15 is 0 Å². The van der Waals surface area contributed by atoms with E-state index in [0.717, 1.165) is 19.3 Å². The quantitative estimate of drug-likeness (QED) is 0.843. The number of sulfone groups is 1. The molecule has 1 aliphatic heterocycles. The van der Waals surface area contributed by atoms with Gasteiger partial charge in [0.15, 0.2) is 9.84 Å². The maximum Gasteiger partial charge on any atom is 0.227 e. The Bertz CT molecular complexity index is 856. The van der Waals surface area contributed by atoms with Crippen LogP contribution in [0.2, 0.25) is 0 Å². The van der Waals surface area contributed by atoms with Crippen LogP contribution in [0.4, 0.5) is 5.69 Å². The number of para-hydroxylation sites is 1. The zero-order valence-corrected chi connectivity index (χ0v) is 14.4. The minimum absolute atomic E-state index is 0.0579. The van der Waals surface area contributed by atoms with Gasteiger partial charge < -0.3 is 10.6 Å². The molecule has 2 heterocycles. The smallest absolute Gasteiger partial charge is 0.227 e. The highest BCUT2D eigenvalue weighted by atomic mass is 32.2. The van der Waals surface area contributed by atoms with Gasteiger partial charge in [-0.2, -0.15) is 5.10 Å². The van der Waals surface area contributed by atoms with Crippen LogP contribution in [0.15, 0.2) is 41.6 Å². The van der Waals surface area contributed by atoms with Crippen LogP contribution in [0, 0.1) is 11.8 Å². The first-order chi connectivity index (χ1) is 11.4. The molecule has 128 valence electrons. The fourth-order valence-corrected chi connectivity index (χ4v) is 3.48. The van der Waals surface area contributed by atoms with Crippen molar-refractivity contribution in [3.63, 3.8) is 0 Å². The Morgan fingerprint density at radius 3 is 2.71 bits per heavy atom. The maximum absolute atomic E-state index is 12.2. The third-order valence-corrected chi connectivity index (χ3v) is 5.44. The number of benzene rings is 1. The molecule has 1 aromatic carbocycles. The molecule has 0 saturated carbocycles. The van der Waals surface area contributed by atoms with Crippen LogP contribution >= 0.6 is 0 Å². The number of rotatable bonds is 5. The lowest BCUT2D eigenvalue weighted by atomic mass is 9.88. The summed E-state index contributed by atoms with van der Waals surface area (Å²) >= 11 is 0. The normalized spacial score (nSPS) is 16.4. The van der Waals surface area contributed by atoms with Crippen LogP contribution in [0.25, 0.3) is 5.69 Å². The Hall–Kier alpha value is -2.19. The number of anilines is 1. The second kappa shape index (κ2) is 6.37. The Morgan fingerprint density at radius 2 is 2.08 bits per heavy atom. The topological polar surface area (TPSA) is 93.1 Å². The van der Waals surface area contributed by atoms with Gasteiger partial charge in [0.05, 0.1) is 28.7 Å². The molecule has 2 N–H and O–H groups in total. The predicted molar refractivity (Wildman–Crippen MR) is 90.8 cm³/mol. The molecule has 3 rings (SSSR count). The lowest BCUT2D eigenvalue weighted by Crippen LogP contribution is -2.48. The summed E-state index contributed by atoms with van der Waals surface area (Å²) in [5.41, 5.74) is 0.999. The third-order valence-electron chi connectivity index (χ3n) is 4.30. The SMILES string of the molecule is CC(C(=O)Nc1cnn(-c2ccccc2S(C)(=O)=O)c1)C1CNC1. The Kier molecular flexibility index (Phi) is 4.42. The van der Waals surface area contributed by atoms with Gasteiger partial charge in [-0.3, -0.25) is 4.79 Å². The molecule has 1 amide bonds. The summed E-state index contributed by atoms with van der Waals surface area (Å²) in [5.74, 6) is 0.210. The fraction of sp³-hybridized carbons (Fsp3) is 0.375. The lowest BCUT2D eigenvalue weighted by Gasteiger charge is -2.31. The molecular weight excluding hydrogens is 328 g/mol. The van der Waals surface area contributed by atoms with E-state index in [9.17, 15) is 13.2 Å². The largest absolute Gasteiger partial charge is 0.323 e. The zero-order chi connectivity index (χ0) is 17.3. The molecule has 1 unspecified atom stereocenters. The van der Waals surface area contributed by atoms with E-state index in [-0.39, 0.29) is 16.7 Å². The molecular formula is C16H20N4O3S. The lowest BCUT2D eigenvalue weighted by molar-refractivity contribution is -0.121. The molecule has 1 aromatic heterocycles. The molecule has 1 atom stereocenters. The van der Waals surface area contributed by atoms with Crippen LogP contribution in [0.3, 0.4) is 0 Å². The van der Waals surface area contributed by atoms with E-state index in [1.165, 1.54) is 16.9 Å². The Balaban J connectivity index is 1.80. The first kappa shape index (κ1) is 16.7. The summed E-state index contributed by atoms with van der Waals surface area (Å²) in [5, 5.41) is 10.2. The zero-order valence-electron chi connectivity index (χ0n) is 13.6. The van der Waals surface area contributed by atoms with Crippen LogP contribution in [-0.4, -0.2) is 43.5 Å². The van der Waals surface area contributed by atoms with E-state index in [0.29, 0.717) is 17.3 Å². The van der Waals surface area contributed by atoms with Gasteiger partial charge in [-0.05, 0) is 31.1 Å². The summed E-state index contributed by atoms with van der Waals surface area (Å²) < 4.78 is 25.3. The molecule has 1 fully saturated rings. The number of nitrogens with zero attached hydrogens (tertiary/aromatic N) is 2. The van der Waals surface area contributed by atoms with Crippen molar-refractivity contribution in [2.75, 3.05) is 24.7 Å². The number of amides is 1. The highest BCUT2D eigenvalue weighted by molar-refractivity contribution is 7.90. The summed E-state index contributed by atoms with van der Waals surface area (Å²) in [4.78, 5) is 12.4. The maximum atomic E-state index is 12.2. The summed E-state index contributed by atoms with van der Waals surface area (Å²) in [6.45, 7) is 3.62. The van der Waals surface area contributed by atoms with E-state index in [1.54, 1.807) is 24.4 Å². The number of hydrogen-bond donors (Lipinski definition) is 2. The monoisotopic (exact) mass is 348 g/mol. The van der Waals surface area contributed by atoms with Crippen molar-refractivity contribution in [1.82, 2.24) is 15.1 Å². The number of aromatic nitrogens is 2. The van der Waals surface area contributed by atoms with Gasteiger partial charge in [0.25, 0.3) is 0 Å². The Morgan fingerprint density at radius 1 is 1.38 bits per heavy atom. The molecule has 0 aliphatic carbocycles. The highest BCUT2D eigenvalue weighted by Gasteiger charge is 2.28. The van der Waals surface area contributed by atoms with Crippen molar-refractivity contribution in [2.45, 2.75) is 11.8 Å². The minimum atomic E-state index is -3.37. The van der Waals surface area contributed by atoms with Crippen molar-refractivity contribution >= 4 is 21.4 Å². The third kappa shape index (κ3) is 3.34. The molecule has 8 heteroatoms. The molecule has 2 aromatic rings. The number of carbonyl (C=O) groups is 1. The first-order valence-electron chi connectivity index (χ1n) is 7.72. The van der Waals surface area contributed by atoms with E-state index in [2.05, 4.69) is 15.7 Å². The van der Waals surface area contributed by atoms with E-state index < -0.39 is 9.84 Å². The van der Waals surface area contributed by atoms with Crippen molar-refractivity contribution in [2.24, 2.45) is 11.8 Å². The number of carbonyl (C=O) groups excluding carboxylic acids is 1. The van der Waals surface area contributed by atoms with Crippen molar-refractivity contribution < 1.29 is 13.2 Å². The molecule has 0 bridgehead atoms. The average Bonchev–Trinajstić information content (AvgIpc) is 2.93. The van der Waals surface area contributed by atoms with Crippen molar-refractivity contribution in [3.8, 4) is 5.69 Å². The van der Waals surface area contributed by atoms with Gasteiger partial charge in [-0.1, -0.05) is 19.1 Å². The summed E-state index contributed by atoms with van der Waals surface area (Å²) in [6, 6.07) is 6.63. The highest BCUT2D eigenvalue weighted by Crippen LogP contribution is 2.22. The van der Waals surface area contributed by atoms with Gasteiger partial charge >= 0.3 is 0 Å². The predicted octanol–water partition coefficient (Wildman–Crippen LogP) is 1.07. The molecule has 0 radical (unpaired) electrons. The number of hydrogen-bond acceptors (Lipinski definition) is 5. The van der Waals surface area contributed by atoms with Crippen LogP contribution in [0.1, 0.15) is 6.92 Å². The van der Waals surface area contributed by atoms with Crippen LogP contribution < -0.4 is 10.6 Å². The van der Waals surface area contributed by atoms with Gasteiger partial charge in [-0.15, -0.1) is 0 Å².